The first-order valence-electron chi connectivity index (χ1n) is 6.65. The van der Waals surface area contributed by atoms with Crippen LogP contribution in [0.1, 0.15) is 6.42 Å². The number of rotatable bonds is 3. The number of nitrogens with zero attached hydrogens (tertiary/aromatic N) is 2. The van der Waals surface area contributed by atoms with Gasteiger partial charge in [0.15, 0.2) is 0 Å². The fourth-order valence-corrected chi connectivity index (χ4v) is 2.60. The highest BCUT2D eigenvalue weighted by Gasteiger charge is 2.19. The number of nitrogens with one attached hydrogen (secondary N) is 1. The molecule has 19 heavy (non-hydrogen) atoms. The van der Waals surface area contributed by atoms with Crippen molar-refractivity contribution < 1.29 is 4.74 Å². The lowest BCUT2D eigenvalue weighted by atomic mass is 10.1. The van der Waals surface area contributed by atoms with Crippen LogP contribution in [0, 0.1) is 0 Å². The lowest BCUT2D eigenvalue weighted by Gasteiger charge is -2.25. The minimum absolute atomic E-state index is 0.560. The molecule has 1 fully saturated rings. The summed E-state index contributed by atoms with van der Waals surface area (Å²) >= 11 is 0. The molecule has 1 aliphatic heterocycles. The minimum atomic E-state index is 0.560. The van der Waals surface area contributed by atoms with Gasteiger partial charge in [0.2, 0.25) is 0 Å². The van der Waals surface area contributed by atoms with Crippen LogP contribution in [-0.4, -0.2) is 38.3 Å². The summed E-state index contributed by atoms with van der Waals surface area (Å²) < 4.78 is 5.27. The third-order valence-corrected chi connectivity index (χ3v) is 3.86. The number of anilines is 1. The average Bonchev–Trinajstić information content (AvgIpc) is 2.99. The Balaban J connectivity index is 1.95. The van der Waals surface area contributed by atoms with Crippen molar-refractivity contribution in [3.05, 3.63) is 30.5 Å². The Labute approximate surface area is 113 Å². The minimum Gasteiger partial charge on any atom is -0.497 e. The van der Waals surface area contributed by atoms with Gasteiger partial charge in [0.1, 0.15) is 5.75 Å². The Morgan fingerprint density at radius 3 is 3.00 bits per heavy atom. The van der Waals surface area contributed by atoms with E-state index < -0.39 is 0 Å². The number of hydrogen-bond acceptors (Lipinski definition) is 4. The second kappa shape index (κ2) is 5.05. The largest absolute Gasteiger partial charge is 0.497 e. The van der Waals surface area contributed by atoms with Crippen molar-refractivity contribution in [3.8, 4) is 5.75 Å². The summed E-state index contributed by atoms with van der Waals surface area (Å²) in [5.74, 6) is 0.872. The Kier molecular flexibility index (Phi) is 3.25. The van der Waals surface area contributed by atoms with E-state index in [9.17, 15) is 0 Å². The smallest absolute Gasteiger partial charge is 0.119 e. The van der Waals surface area contributed by atoms with Gasteiger partial charge in [-0.1, -0.05) is 0 Å². The molecule has 1 atom stereocenters. The van der Waals surface area contributed by atoms with Gasteiger partial charge in [-0.2, -0.15) is 0 Å². The monoisotopic (exact) mass is 257 g/mol. The zero-order chi connectivity index (χ0) is 13.2. The van der Waals surface area contributed by atoms with E-state index in [-0.39, 0.29) is 0 Å². The first-order chi connectivity index (χ1) is 9.28. The molecule has 3 rings (SSSR count). The number of likely N-dealkylation sites (N-methyl/N-ethyl adjacent to an activating group) is 1. The summed E-state index contributed by atoms with van der Waals surface area (Å²) in [5.41, 5.74) is 2.16. The van der Waals surface area contributed by atoms with Gasteiger partial charge < -0.3 is 15.0 Å². The molecule has 2 aromatic rings. The zero-order valence-corrected chi connectivity index (χ0v) is 11.4. The van der Waals surface area contributed by atoms with Crippen LogP contribution in [0.2, 0.25) is 0 Å². The van der Waals surface area contributed by atoms with Crippen molar-refractivity contribution in [1.29, 1.82) is 0 Å². The normalized spacial score (nSPS) is 18.7. The number of benzene rings is 1. The van der Waals surface area contributed by atoms with Gasteiger partial charge in [-0.25, -0.2) is 0 Å². The standard InChI is InChI=1S/C15H19N3O/c1-18(12-5-6-16-9-12)13-7-11-8-14(19-2)3-4-15(11)17-10-13/h3-4,7-8,10,12,16H,5-6,9H2,1-2H3/t12-/m0/s1. The molecule has 100 valence electrons. The van der Waals surface area contributed by atoms with E-state index >= 15 is 0 Å². The SMILES string of the molecule is COc1ccc2ncc(N(C)[C@H]3CCNC3)cc2c1. The summed E-state index contributed by atoms with van der Waals surface area (Å²) in [7, 11) is 3.83. The van der Waals surface area contributed by atoms with Crippen molar-refractivity contribution in [2.45, 2.75) is 12.5 Å². The van der Waals surface area contributed by atoms with Crippen LogP contribution in [0.15, 0.2) is 30.5 Å². The van der Waals surface area contributed by atoms with Crippen molar-refractivity contribution in [3.63, 3.8) is 0 Å². The van der Waals surface area contributed by atoms with Gasteiger partial charge in [-0.05, 0) is 37.2 Å². The molecule has 0 saturated carbocycles. The van der Waals surface area contributed by atoms with Gasteiger partial charge in [-0.15, -0.1) is 0 Å². The maximum atomic E-state index is 5.27. The number of pyridine rings is 1. The summed E-state index contributed by atoms with van der Waals surface area (Å²) in [6.45, 7) is 2.15. The van der Waals surface area contributed by atoms with Crippen molar-refractivity contribution in [2.24, 2.45) is 0 Å². The van der Waals surface area contributed by atoms with E-state index in [1.165, 1.54) is 6.42 Å². The summed E-state index contributed by atoms with van der Waals surface area (Å²) in [6, 6.07) is 8.72. The molecule has 0 aliphatic carbocycles. The van der Waals surface area contributed by atoms with Crippen LogP contribution in [0.5, 0.6) is 5.75 Å². The van der Waals surface area contributed by atoms with E-state index in [1.54, 1.807) is 7.11 Å². The molecule has 4 nitrogen and oxygen atoms in total. The van der Waals surface area contributed by atoms with E-state index in [2.05, 4.69) is 28.3 Å². The maximum Gasteiger partial charge on any atom is 0.119 e. The lowest BCUT2D eigenvalue weighted by Crippen LogP contribution is -2.33. The van der Waals surface area contributed by atoms with Crippen LogP contribution >= 0.6 is 0 Å². The Morgan fingerprint density at radius 2 is 2.26 bits per heavy atom. The predicted octanol–water partition coefficient (Wildman–Crippen LogP) is 2.04. The molecule has 0 radical (unpaired) electrons. The second-order valence-corrected chi connectivity index (χ2v) is 5.01. The Hall–Kier alpha value is -1.81. The van der Waals surface area contributed by atoms with E-state index in [4.69, 9.17) is 4.74 Å². The van der Waals surface area contributed by atoms with Crippen LogP contribution < -0.4 is 15.0 Å². The van der Waals surface area contributed by atoms with E-state index in [0.717, 1.165) is 35.4 Å². The van der Waals surface area contributed by atoms with Crippen LogP contribution in [-0.2, 0) is 0 Å². The fourth-order valence-electron chi connectivity index (χ4n) is 2.60. The number of methoxy groups -OCH3 is 1. The molecule has 1 aliphatic rings. The predicted molar refractivity (Wildman–Crippen MR) is 78.0 cm³/mol. The molecular weight excluding hydrogens is 238 g/mol. The van der Waals surface area contributed by atoms with Crippen LogP contribution in [0.25, 0.3) is 10.9 Å². The average molecular weight is 257 g/mol. The topological polar surface area (TPSA) is 37.4 Å². The highest BCUT2D eigenvalue weighted by Crippen LogP contribution is 2.25. The van der Waals surface area contributed by atoms with Crippen molar-refractivity contribution in [2.75, 3.05) is 32.1 Å². The van der Waals surface area contributed by atoms with Gasteiger partial charge in [0.05, 0.1) is 24.5 Å². The molecule has 0 unspecified atom stereocenters. The van der Waals surface area contributed by atoms with E-state index in [1.807, 2.05) is 24.4 Å². The van der Waals surface area contributed by atoms with Gasteiger partial charge in [0.25, 0.3) is 0 Å². The molecule has 1 aromatic heterocycles. The highest BCUT2D eigenvalue weighted by molar-refractivity contribution is 5.83. The van der Waals surface area contributed by atoms with Gasteiger partial charge in [-0.3, -0.25) is 4.98 Å². The first kappa shape index (κ1) is 12.2. The zero-order valence-electron chi connectivity index (χ0n) is 11.4. The Bertz CT molecular complexity index is 579. The summed E-state index contributed by atoms with van der Waals surface area (Å²) in [4.78, 5) is 6.84. The fraction of sp³-hybridized carbons (Fsp3) is 0.400. The number of aromatic nitrogens is 1. The second-order valence-electron chi connectivity index (χ2n) is 5.01. The molecule has 1 aromatic carbocycles. The first-order valence-corrected chi connectivity index (χ1v) is 6.65. The molecule has 0 amide bonds. The molecule has 2 heterocycles. The van der Waals surface area contributed by atoms with Gasteiger partial charge >= 0.3 is 0 Å². The molecule has 4 heteroatoms. The molecule has 1 N–H and O–H groups in total. The van der Waals surface area contributed by atoms with Gasteiger partial charge in [0, 0.05) is 25.0 Å². The highest BCUT2D eigenvalue weighted by atomic mass is 16.5. The number of fused-ring (bicyclic) bond motifs is 1. The third kappa shape index (κ3) is 2.36. The lowest BCUT2D eigenvalue weighted by molar-refractivity contribution is 0.415. The number of ether oxygens (including phenoxy) is 1. The molecule has 0 bridgehead atoms. The molecular formula is C15H19N3O. The van der Waals surface area contributed by atoms with Crippen LogP contribution in [0.4, 0.5) is 5.69 Å². The summed E-state index contributed by atoms with van der Waals surface area (Å²) in [5, 5.41) is 4.52. The van der Waals surface area contributed by atoms with Crippen LogP contribution in [0.3, 0.4) is 0 Å². The van der Waals surface area contributed by atoms with E-state index in [0.29, 0.717) is 6.04 Å². The maximum absolute atomic E-state index is 5.27. The number of hydrogen-bond donors (Lipinski definition) is 1. The van der Waals surface area contributed by atoms with Crippen molar-refractivity contribution in [1.82, 2.24) is 10.3 Å². The third-order valence-electron chi connectivity index (χ3n) is 3.86. The van der Waals surface area contributed by atoms with Crippen molar-refractivity contribution >= 4 is 16.6 Å². The quantitative estimate of drug-likeness (QED) is 0.913. The summed E-state index contributed by atoms with van der Waals surface area (Å²) in [6.07, 6.45) is 3.14. The molecule has 0 spiro atoms. The Morgan fingerprint density at radius 1 is 1.37 bits per heavy atom. The molecule has 1 saturated heterocycles.